The van der Waals surface area contributed by atoms with Gasteiger partial charge in [0.25, 0.3) is 0 Å². The second-order valence-corrected chi connectivity index (χ2v) is 5.34. The van der Waals surface area contributed by atoms with Gasteiger partial charge in [0.2, 0.25) is 0 Å². The first-order chi connectivity index (χ1) is 6.31. The van der Waals surface area contributed by atoms with E-state index in [9.17, 15) is 0 Å². The van der Waals surface area contributed by atoms with Crippen molar-refractivity contribution in [2.24, 2.45) is 11.1 Å². The molecule has 0 radical (unpaired) electrons. The van der Waals surface area contributed by atoms with Crippen molar-refractivity contribution in [2.75, 3.05) is 13.1 Å². The lowest BCUT2D eigenvalue weighted by atomic mass is 9.85. The monoisotopic (exact) mass is 200 g/mol. The molecule has 1 atom stereocenters. The molecule has 0 amide bonds. The Bertz CT molecular complexity index is 150. The Hall–Kier alpha value is -0.0800. The van der Waals surface area contributed by atoms with Gasteiger partial charge in [-0.1, -0.05) is 20.8 Å². The van der Waals surface area contributed by atoms with Gasteiger partial charge in [0.1, 0.15) is 0 Å². The minimum atomic E-state index is 0.208. The van der Waals surface area contributed by atoms with Crippen LogP contribution in [0.4, 0.5) is 0 Å². The summed E-state index contributed by atoms with van der Waals surface area (Å²) in [5.41, 5.74) is 6.20. The van der Waals surface area contributed by atoms with E-state index in [0.29, 0.717) is 6.04 Å². The molecule has 2 heteroatoms. The van der Waals surface area contributed by atoms with E-state index < -0.39 is 0 Å². The summed E-state index contributed by atoms with van der Waals surface area (Å²) in [7, 11) is 0. The van der Waals surface area contributed by atoms with E-state index in [1.54, 1.807) is 0 Å². The average Bonchev–Trinajstić information content (AvgIpc) is 2.02. The van der Waals surface area contributed by atoms with E-state index in [0.717, 1.165) is 6.54 Å². The first kappa shape index (κ1) is 13.9. The standard InChI is InChI=1S/C12H28N2/c1-7-8-14(10(2)3)9-12(5,6)11(4)13/h10-11H,7-9,13H2,1-6H3. The van der Waals surface area contributed by atoms with Crippen LogP contribution in [0.1, 0.15) is 48.0 Å². The minimum absolute atomic E-state index is 0.208. The maximum atomic E-state index is 5.99. The van der Waals surface area contributed by atoms with Crippen molar-refractivity contribution >= 4 is 0 Å². The van der Waals surface area contributed by atoms with Gasteiger partial charge >= 0.3 is 0 Å². The van der Waals surface area contributed by atoms with Gasteiger partial charge in [-0.3, -0.25) is 0 Å². The average molecular weight is 200 g/mol. The summed E-state index contributed by atoms with van der Waals surface area (Å²) in [6.07, 6.45) is 1.22. The summed E-state index contributed by atoms with van der Waals surface area (Å²) in [5.74, 6) is 0. The zero-order valence-electron chi connectivity index (χ0n) is 10.8. The molecule has 2 nitrogen and oxygen atoms in total. The Labute approximate surface area is 89.9 Å². The van der Waals surface area contributed by atoms with Gasteiger partial charge in [-0.25, -0.2) is 0 Å². The first-order valence-electron chi connectivity index (χ1n) is 5.81. The van der Waals surface area contributed by atoms with Crippen LogP contribution in [0.15, 0.2) is 0 Å². The Morgan fingerprint density at radius 1 is 1.21 bits per heavy atom. The van der Waals surface area contributed by atoms with Gasteiger partial charge in [-0.15, -0.1) is 0 Å². The highest BCUT2D eigenvalue weighted by Gasteiger charge is 2.26. The molecule has 0 aliphatic heterocycles. The predicted octanol–water partition coefficient (Wildman–Crippen LogP) is 2.48. The summed E-state index contributed by atoms with van der Waals surface area (Å²) in [6.45, 7) is 15.6. The molecule has 0 aromatic carbocycles. The van der Waals surface area contributed by atoms with Crippen LogP contribution in [0.2, 0.25) is 0 Å². The normalized spacial score (nSPS) is 15.2. The highest BCUT2D eigenvalue weighted by molar-refractivity contribution is 4.82. The maximum Gasteiger partial charge on any atom is 0.00739 e. The molecule has 0 aromatic heterocycles. The molecule has 1 unspecified atom stereocenters. The largest absolute Gasteiger partial charge is 0.327 e. The van der Waals surface area contributed by atoms with Gasteiger partial charge in [0.05, 0.1) is 0 Å². The fourth-order valence-corrected chi connectivity index (χ4v) is 1.47. The van der Waals surface area contributed by atoms with E-state index in [2.05, 4.69) is 46.4 Å². The van der Waals surface area contributed by atoms with Crippen molar-refractivity contribution < 1.29 is 0 Å². The quantitative estimate of drug-likeness (QED) is 0.714. The van der Waals surface area contributed by atoms with Gasteiger partial charge in [-0.2, -0.15) is 0 Å². The van der Waals surface area contributed by atoms with Crippen molar-refractivity contribution in [1.82, 2.24) is 4.90 Å². The summed E-state index contributed by atoms with van der Waals surface area (Å²) >= 11 is 0. The van der Waals surface area contributed by atoms with Gasteiger partial charge in [-0.05, 0) is 39.2 Å². The minimum Gasteiger partial charge on any atom is -0.327 e. The fourth-order valence-electron chi connectivity index (χ4n) is 1.47. The second-order valence-electron chi connectivity index (χ2n) is 5.34. The highest BCUT2D eigenvalue weighted by atomic mass is 15.2. The van der Waals surface area contributed by atoms with E-state index in [1.165, 1.54) is 13.0 Å². The van der Waals surface area contributed by atoms with Crippen LogP contribution in [-0.2, 0) is 0 Å². The first-order valence-corrected chi connectivity index (χ1v) is 5.81. The predicted molar refractivity (Wildman–Crippen MR) is 64.4 cm³/mol. The summed E-state index contributed by atoms with van der Waals surface area (Å²) < 4.78 is 0. The fraction of sp³-hybridized carbons (Fsp3) is 1.00. The van der Waals surface area contributed by atoms with Crippen LogP contribution in [0.5, 0.6) is 0 Å². The topological polar surface area (TPSA) is 29.3 Å². The van der Waals surface area contributed by atoms with E-state index in [4.69, 9.17) is 5.73 Å². The zero-order chi connectivity index (χ0) is 11.4. The molecular weight excluding hydrogens is 172 g/mol. The SMILES string of the molecule is CCCN(CC(C)(C)C(C)N)C(C)C. The van der Waals surface area contributed by atoms with Gasteiger partial charge in [0, 0.05) is 18.6 Å². The zero-order valence-corrected chi connectivity index (χ0v) is 10.8. The third kappa shape index (κ3) is 4.43. The van der Waals surface area contributed by atoms with E-state index in [1.807, 2.05) is 0 Å². The number of rotatable bonds is 6. The molecule has 0 aliphatic rings. The van der Waals surface area contributed by atoms with Crippen molar-refractivity contribution in [2.45, 2.75) is 60.0 Å². The maximum absolute atomic E-state index is 5.99. The van der Waals surface area contributed by atoms with Crippen LogP contribution in [0.3, 0.4) is 0 Å². The molecule has 86 valence electrons. The van der Waals surface area contributed by atoms with Crippen LogP contribution in [-0.4, -0.2) is 30.1 Å². The molecule has 0 saturated carbocycles. The smallest absolute Gasteiger partial charge is 0.00739 e. The highest BCUT2D eigenvalue weighted by Crippen LogP contribution is 2.21. The van der Waals surface area contributed by atoms with Crippen LogP contribution in [0, 0.1) is 5.41 Å². The molecule has 14 heavy (non-hydrogen) atoms. The lowest BCUT2D eigenvalue weighted by Gasteiger charge is -2.37. The van der Waals surface area contributed by atoms with Gasteiger partial charge in [0.15, 0.2) is 0 Å². The molecule has 0 fully saturated rings. The lowest BCUT2D eigenvalue weighted by molar-refractivity contribution is 0.129. The molecular formula is C12H28N2. The lowest BCUT2D eigenvalue weighted by Crippen LogP contribution is -2.46. The molecule has 0 bridgehead atoms. The third-order valence-corrected chi connectivity index (χ3v) is 3.08. The number of hydrogen-bond donors (Lipinski definition) is 1. The van der Waals surface area contributed by atoms with Crippen LogP contribution < -0.4 is 5.73 Å². The summed E-state index contributed by atoms with van der Waals surface area (Å²) in [6, 6.07) is 0.869. The molecule has 0 aromatic rings. The van der Waals surface area contributed by atoms with E-state index in [-0.39, 0.29) is 11.5 Å². The molecule has 0 spiro atoms. The molecule has 0 saturated heterocycles. The van der Waals surface area contributed by atoms with Gasteiger partial charge < -0.3 is 10.6 Å². The Morgan fingerprint density at radius 2 is 1.71 bits per heavy atom. The Kier molecular flexibility index (Phi) is 5.68. The Balaban J connectivity index is 4.28. The van der Waals surface area contributed by atoms with E-state index >= 15 is 0 Å². The number of hydrogen-bond acceptors (Lipinski definition) is 2. The second kappa shape index (κ2) is 5.72. The van der Waals surface area contributed by atoms with Crippen LogP contribution in [0.25, 0.3) is 0 Å². The third-order valence-electron chi connectivity index (χ3n) is 3.08. The number of nitrogens with zero attached hydrogens (tertiary/aromatic N) is 1. The van der Waals surface area contributed by atoms with Crippen molar-refractivity contribution in [3.8, 4) is 0 Å². The molecule has 0 heterocycles. The molecule has 0 aliphatic carbocycles. The molecule has 2 N–H and O–H groups in total. The Morgan fingerprint density at radius 3 is 2.00 bits per heavy atom. The van der Waals surface area contributed by atoms with Crippen molar-refractivity contribution in [1.29, 1.82) is 0 Å². The van der Waals surface area contributed by atoms with Crippen molar-refractivity contribution in [3.05, 3.63) is 0 Å². The van der Waals surface area contributed by atoms with Crippen LogP contribution >= 0.6 is 0 Å². The summed E-state index contributed by atoms with van der Waals surface area (Å²) in [5, 5.41) is 0. The van der Waals surface area contributed by atoms with Crippen molar-refractivity contribution in [3.63, 3.8) is 0 Å². The molecule has 0 rings (SSSR count). The number of nitrogens with two attached hydrogens (primary N) is 1. The summed E-state index contributed by atoms with van der Waals surface area (Å²) in [4.78, 5) is 2.52.